The summed E-state index contributed by atoms with van der Waals surface area (Å²) in [5, 5.41) is 12.0. The van der Waals surface area contributed by atoms with Gasteiger partial charge in [-0.15, -0.1) is 0 Å². The van der Waals surface area contributed by atoms with Crippen molar-refractivity contribution >= 4 is 17.9 Å². The number of carbonyl (C=O) groups excluding carboxylic acids is 1. The zero-order chi connectivity index (χ0) is 30.8. The Balaban J connectivity index is 1.47. The van der Waals surface area contributed by atoms with E-state index >= 15 is 0 Å². The average molecular weight is 597 g/mol. The van der Waals surface area contributed by atoms with E-state index in [9.17, 15) is 13.6 Å². The second-order valence-corrected chi connectivity index (χ2v) is 10.5. The molecule has 0 bridgehead atoms. The highest BCUT2D eigenvalue weighted by Crippen LogP contribution is 2.43. The predicted molar refractivity (Wildman–Crippen MR) is 166 cm³/mol. The van der Waals surface area contributed by atoms with Crippen LogP contribution in [0.15, 0.2) is 114 Å². The van der Waals surface area contributed by atoms with Crippen molar-refractivity contribution in [3.63, 3.8) is 0 Å². The second kappa shape index (κ2) is 14.6. The standard InChI is InChI=1S/C36H34F2N2O4/c37-30-23-27(24-31(38)25-30)18-20-39-35(42)36(19-7-11-26-9-3-1-4-10-26)33(28-12-5-2-6-13-28)44-34(40-36)29-14-16-32(17-15-29)43-22-8-21-41/h1-7,9-17,23-25,33,41H,8,18-22H2,(H,39,42)/b11-7+/t33-,36-/m1/s1. The quantitative estimate of drug-likeness (QED) is 0.174. The lowest BCUT2D eigenvalue weighted by Crippen LogP contribution is -2.48. The van der Waals surface area contributed by atoms with Crippen LogP contribution in [0.4, 0.5) is 8.78 Å². The SMILES string of the molecule is O=C(NCCc1cc(F)cc(F)c1)[C@]1(C/C=C/c2ccccc2)N=C(c2ccc(OCCCO)cc2)O[C@@H]1c1ccccc1. The molecular weight excluding hydrogens is 562 g/mol. The average Bonchev–Trinajstić information content (AvgIpc) is 3.43. The van der Waals surface area contributed by atoms with Crippen molar-refractivity contribution in [3.05, 3.63) is 143 Å². The van der Waals surface area contributed by atoms with E-state index < -0.39 is 23.3 Å². The zero-order valence-electron chi connectivity index (χ0n) is 24.2. The number of rotatable bonds is 13. The van der Waals surface area contributed by atoms with Crippen LogP contribution < -0.4 is 10.1 Å². The lowest BCUT2D eigenvalue weighted by Gasteiger charge is -2.29. The third-order valence-electron chi connectivity index (χ3n) is 7.29. The van der Waals surface area contributed by atoms with Gasteiger partial charge in [0.15, 0.2) is 11.6 Å². The number of ether oxygens (including phenoxy) is 2. The van der Waals surface area contributed by atoms with Crippen LogP contribution in [0.2, 0.25) is 0 Å². The fourth-order valence-corrected chi connectivity index (χ4v) is 5.11. The normalized spacial score (nSPS) is 17.7. The summed E-state index contributed by atoms with van der Waals surface area (Å²) >= 11 is 0. The van der Waals surface area contributed by atoms with E-state index in [0.29, 0.717) is 35.8 Å². The van der Waals surface area contributed by atoms with Gasteiger partial charge >= 0.3 is 0 Å². The van der Waals surface area contributed by atoms with Crippen LogP contribution in [0.1, 0.15) is 41.2 Å². The van der Waals surface area contributed by atoms with E-state index in [2.05, 4.69) is 5.32 Å². The number of aliphatic imine (C=N–C) groups is 1. The summed E-state index contributed by atoms with van der Waals surface area (Å²) < 4.78 is 39.7. The molecule has 0 aromatic heterocycles. The van der Waals surface area contributed by atoms with Crippen molar-refractivity contribution in [2.24, 2.45) is 4.99 Å². The third-order valence-corrected chi connectivity index (χ3v) is 7.29. The first-order valence-electron chi connectivity index (χ1n) is 14.6. The third kappa shape index (κ3) is 7.57. The maximum atomic E-state index is 14.2. The Morgan fingerprint density at radius 2 is 1.64 bits per heavy atom. The fraction of sp³-hybridized carbons (Fsp3) is 0.222. The monoisotopic (exact) mass is 596 g/mol. The molecule has 0 saturated carbocycles. The molecule has 1 aliphatic rings. The largest absolute Gasteiger partial charge is 0.494 e. The minimum atomic E-state index is -1.37. The minimum Gasteiger partial charge on any atom is -0.494 e. The maximum absolute atomic E-state index is 14.2. The predicted octanol–water partition coefficient (Wildman–Crippen LogP) is 6.45. The summed E-state index contributed by atoms with van der Waals surface area (Å²) in [6.45, 7) is 0.590. The van der Waals surface area contributed by atoms with E-state index in [1.807, 2.05) is 84.9 Å². The highest BCUT2D eigenvalue weighted by Gasteiger charge is 2.52. The molecule has 5 rings (SSSR count). The first-order chi connectivity index (χ1) is 21.5. The minimum absolute atomic E-state index is 0.0472. The molecule has 8 heteroatoms. The van der Waals surface area contributed by atoms with Gasteiger partial charge in [-0.2, -0.15) is 0 Å². The van der Waals surface area contributed by atoms with E-state index in [0.717, 1.165) is 17.2 Å². The smallest absolute Gasteiger partial charge is 0.252 e. The molecule has 1 amide bonds. The van der Waals surface area contributed by atoms with Gasteiger partial charge in [0, 0.05) is 37.6 Å². The Morgan fingerprint density at radius 3 is 2.32 bits per heavy atom. The van der Waals surface area contributed by atoms with Gasteiger partial charge in [0.2, 0.25) is 5.90 Å². The van der Waals surface area contributed by atoms with Gasteiger partial charge in [0.05, 0.1) is 6.61 Å². The van der Waals surface area contributed by atoms with E-state index in [4.69, 9.17) is 19.6 Å². The summed E-state index contributed by atoms with van der Waals surface area (Å²) in [5.41, 5.74) is 1.51. The summed E-state index contributed by atoms with van der Waals surface area (Å²) in [6.07, 6.45) is 4.11. The van der Waals surface area contributed by atoms with Crippen LogP contribution in [-0.4, -0.2) is 42.2 Å². The molecule has 6 nitrogen and oxygen atoms in total. The van der Waals surface area contributed by atoms with Gasteiger partial charge in [-0.25, -0.2) is 13.8 Å². The number of hydrogen-bond acceptors (Lipinski definition) is 5. The van der Waals surface area contributed by atoms with E-state index in [1.54, 1.807) is 12.1 Å². The molecule has 1 aliphatic heterocycles. The van der Waals surface area contributed by atoms with Crippen molar-refractivity contribution in [3.8, 4) is 5.75 Å². The number of halogens is 2. The van der Waals surface area contributed by atoms with Crippen LogP contribution in [0.3, 0.4) is 0 Å². The van der Waals surface area contributed by atoms with E-state index in [1.165, 1.54) is 12.1 Å². The Hall–Kier alpha value is -4.82. The molecule has 0 radical (unpaired) electrons. The number of aliphatic hydroxyl groups is 1. The van der Waals surface area contributed by atoms with Gasteiger partial charge in [-0.3, -0.25) is 4.79 Å². The number of hydrogen-bond donors (Lipinski definition) is 2. The van der Waals surface area contributed by atoms with Crippen LogP contribution in [0.25, 0.3) is 6.08 Å². The van der Waals surface area contributed by atoms with Crippen molar-refractivity contribution in [1.29, 1.82) is 0 Å². The summed E-state index contributed by atoms with van der Waals surface area (Å²) in [6, 6.07) is 29.8. The number of amides is 1. The topological polar surface area (TPSA) is 80.2 Å². The highest BCUT2D eigenvalue weighted by atomic mass is 19.1. The number of carbonyl (C=O) groups is 1. The molecule has 0 unspecified atom stereocenters. The van der Waals surface area contributed by atoms with Crippen LogP contribution in [-0.2, 0) is 16.0 Å². The van der Waals surface area contributed by atoms with Gasteiger partial charge in [-0.05, 0) is 59.5 Å². The van der Waals surface area contributed by atoms with Crippen molar-refractivity contribution < 1.29 is 28.2 Å². The molecule has 4 aromatic carbocycles. The molecule has 4 aromatic rings. The molecule has 1 heterocycles. The Morgan fingerprint density at radius 1 is 0.955 bits per heavy atom. The van der Waals surface area contributed by atoms with Crippen LogP contribution >= 0.6 is 0 Å². The van der Waals surface area contributed by atoms with Crippen LogP contribution in [0, 0.1) is 11.6 Å². The molecule has 2 N–H and O–H groups in total. The van der Waals surface area contributed by atoms with Crippen molar-refractivity contribution in [1.82, 2.24) is 5.32 Å². The number of aliphatic hydroxyl groups excluding tert-OH is 1. The Labute approximate surface area is 255 Å². The summed E-state index contributed by atoms with van der Waals surface area (Å²) in [4.78, 5) is 19.1. The van der Waals surface area contributed by atoms with Crippen molar-refractivity contribution in [2.75, 3.05) is 19.8 Å². The fourth-order valence-electron chi connectivity index (χ4n) is 5.11. The summed E-state index contributed by atoms with van der Waals surface area (Å²) in [5.74, 6) is -0.734. The zero-order valence-corrected chi connectivity index (χ0v) is 24.2. The molecule has 2 atom stereocenters. The van der Waals surface area contributed by atoms with Crippen LogP contribution in [0.5, 0.6) is 5.75 Å². The van der Waals surface area contributed by atoms with Gasteiger partial charge in [0.1, 0.15) is 17.4 Å². The van der Waals surface area contributed by atoms with Gasteiger partial charge in [-0.1, -0.05) is 72.8 Å². The summed E-state index contributed by atoms with van der Waals surface area (Å²) in [7, 11) is 0. The van der Waals surface area contributed by atoms with Crippen molar-refractivity contribution in [2.45, 2.75) is 30.9 Å². The molecular formula is C36H34F2N2O4. The van der Waals surface area contributed by atoms with Gasteiger partial charge in [0.25, 0.3) is 5.91 Å². The lowest BCUT2D eigenvalue weighted by molar-refractivity contribution is -0.128. The Bertz CT molecular complexity index is 1570. The van der Waals surface area contributed by atoms with E-state index in [-0.39, 0.29) is 31.9 Å². The molecule has 0 aliphatic carbocycles. The molecule has 0 fully saturated rings. The molecule has 0 spiro atoms. The molecule has 226 valence electrons. The molecule has 44 heavy (non-hydrogen) atoms. The molecule has 0 saturated heterocycles. The number of nitrogens with zero attached hydrogens (tertiary/aromatic N) is 1. The first-order valence-corrected chi connectivity index (χ1v) is 14.6. The highest BCUT2D eigenvalue weighted by molar-refractivity contribution is 6.01. The second-order valence-electron chi connectivity index (χ2n) is 10.5. The Kier molecular flexibility index (Phi) is 10.1. The maximum Gasteiger partial charge on any atom is 0.252 e. The number of nitrogens with one attached hydrogen (secondary N) is 1. The lowest BCUT2D eigenvalue weighted by atomic mass is 9.84. The number of benzene rings is 4. The van der Waals surface area contributed by atoms with Gasteiger partial charge < -0.3 is 19.9 Å². The first kappa shape index (κ1) is 30.6.